The van der Waals surface area contributed by atoms with E-state index in [1.165, 1.54) is 16.7 Å². The topological polar surface area (TPSA) is 96.0 Å². The lowest BCUT2D eigenvalue weighted by atomic mass is 10.0. The molecule has 1 saturated heterocycles. The average Bonchev–Trinajstić information content (AvgIpc) is 3.28. The Balaban J connectivity index is 1.73. The molecule has 0 unspecified atom stereocenters. The summed E-state index contributed by atoms with van der Waals surface area (Å²) in [6, 6.07) is 16.0. The Morgan fingerprint density at radius 2 is 1.74 bits per heavy atom. The van der Waals surface area contributed by atoms with Gasteiger partial charge in [0, 0.05) is 30.8 Å². The third-order valence-corrected chi connectivity index (χ3v) is 7.65. The van der Waals surface area contributed by atoms with Gasteiger partial charge in [-0.05, 0) is 31.5 Å². The van der Waals surface area contributed by atoms with Crippen LogP contribution in [0.25, 0.3) is 0 Å². The Morgan fingerprint density at radius 1 is 1.06 bits per heavy atom. The van der Waals surface area contributed by atoms with Crippen molar-refractivity contribution >= 4 is 41.1 Å². The third kappa shape index (κ3) is 5.35. The Labute approximate surface area is 209 Å². The number of hydrogen-bond donors (Lipinski definition) is 1. The first-order valence-electron chi connectivity index (χ1n) is 11.8. The van der Waals surface area contributed by atoms with Crippen molar-refractivity contribution in [3.8, 4) is 0 Å². The maximum atomic E-state index is 14.1. The van der Waals surface area contributed by atoms with Gasteiger partial charge in [-0.1, -0.05) is 42.5 Å². The number of amides is 3. The Morgan fingerprint density at radius 3 is 2.40 bits per heavy atom. The maximum Gasteiger partial charge on any atom is 0.306 e. The monoisotopic (exact) mass is 495 g/mol. The van der Waals surface area contributed by atoms with Crippen LogP contribution in [-0.2, 0) is 23.9 Å². The van der Waals surface area contributed by atoms with Crippen LogP contribution < -0.4 is 10.2 Å². The van der Waals surface area contributed by atoms with Crippen molar-refractivity contribution in [3.63, 3.8) is 0 Å². The number of thioether (sulfide) groups is 1. The lowest BCUT2D eigenvalue weighted by molar-refractivity contribution is -0.148. The van der Waals surface area contributed by atoms with Gasteiger partial charge in [0.25, 0.3) is 11.8 Å². The molecule has 9 heteroatoms. The summed E-state index contributed by atoms with van der Waals surface area (Å²) in [5.74, 6) is -1.48. The Bertz CT molecular complexity index is 1110. The van der Waals surface area contributed by atoms with E-state index < -0.39 is 29.3 Å². The predicted molar refractivity (Wildman–Crippen MR) is 133 cm³/mol. The van der Waals surface area contributed by atoms with Crippen LogP contribution in [-0.4, -0.2) is 60.4 Å². The number of cyclic esters (lactones) is 1. The molecule has 35 heavy (non-hydrogen) atoms. The molecule has 2 aromatic rings. The fourth-order valence-electron chi connectivity index (χ4n) is 4.37. The first-order valence-corrected chi connectivity index (χ1v) is 12.7. The minimum Gasteiger partial charge on any atom is -0.452 e. The highest BCUT2D eigenvalue weighted by atomic mass is 32.2. The summed E-state index contributed by atoms with van der Waals surface area (Å²) in [4.78, 5) is 55.7. The minimum atomic E-state index is -0.967. The molecule has 2 aliphatic rings. The van der Waals surface area contributed by atoms with Gasteiger partial charge in [0.15, 0.2) is 6.10 Å². The quantitative estimate of drug-likeness (QED) is 0.594. The van der Waals surface area contributed by atoms with E-state index in [-0.39, 0.29) is 31.2 Å². The molecule has 1 fully saturated rings. The number of rotatable bonds is 7. The minimum absolute atomic E-state index is 0.135. The zero-order chi connectivity index (χ0) is 24.9. The van der Waals surface area contributed by atoms with Crippen molar-refractivity contribution in [3.05, 3.63) is 60.2 Å². The highest BCUT2D eigenvalue weighted by Gasteiger charge is 2.42. The van der Waals surface area contributed by atoms with Gasteiger partial charge in [0.2, 0.25) is 5.91 Å². The molecule has 2 aromatic carbocycles. The molecule has 2 heterocycles. The van der Waals surface area contributed by atoms with E-state index in [9.17, 15) is 19.2 Å². The number of carbonyl (C=O) groups is 4. The first kappa shape index (κ1) is 24.8. The van der Waals surface area contributed by atoms with E-state index in [1.807, 2.05) is 68.4 Å². The average molecular weight is 496 g/mol. The van der Waals surface area contributed by atoms with Gasteiger partial charge in [-0.3, -0.25) is 19.2 Å². The molecule has 0 saturated carbocycles. The van der Waals surface area contributed by atoms with Crippen LogP contribution in [0.4, 0.5) is 5.69 Å². The summed E-state index contributed by atoms with van der Waals surface area (Å²) in [7, 11) is 0. The summed E-state index contributed by atoms with van der Waals surface area (Å²) >= 11 is 1.47. The van der Waals surface area contributed by atoms with Crippen LogP contribution in [0.1, 0.15) is 37.5 Å². The van der Waals surface area contributed by atoms with Crippen LogP contribution in [0.3, 0.4) is 0 Å². The van der Waals surface area contributed by atoms with Crippen LogP contribution in [0.15, 0.2) is 59.5 Å². The number of nitrogens with zero attached hydrogens (tertiary/aromatic N) is 2. The highest BCUT2D eigenvalue weighted by molar-refractivity contribution is 7.99. The fraction of sp³-hybridized carbons (Fsp3) is 0.385. The van der Waals surface area contributed by atoms with Crippen LogP contribution in [0.5, 0.6) is 0 Å². The molecule has 0 bridgehead atoms. The maximum absolute atomic E-state index is 14.1. The van der Waals surface area contributed by atoms with E-state index in [0.29, 0.717) is 18.8 Å². The second-order valence-electron chi connectivity index (χ2n) is 8.41. The molecular formula is C26H29N3O5S. The molecule has 3 amide bonds. The largest absolute Gasteiger partial charge is 0.452 e. The molecule has 8 nitrogen and oxygen atoms in total. The number of fused-ring (bicyclic) bond motifs is 1. The van der Waals surface area contributed by atoms with E-state index in [2.05, 4.69) is 5.32 Å². The van der Waals surface area contributed by atoms with Gasteiger partial charge >= 0.3 is 5.97 Å². The molecule has 0 radical (unpaired) electrons. The van der Waals surface area contributed by atoms with Crippen molar-refractivity contribution in [2.24, 2.45) is 0 Å². The molecule has 2 aliphatic heterocycles. The van der Waals surface area contributed by atoms with Gasteiger partial charge in [-0.25, -0.2) is 0 Å². The Kier molecular flexibility index (Phi) is 7.75. The molecule has 184 valence electrons. The summed E-state index contributed by atoms with van der Waals surface area (Å²) < 4.78 is 5.14. The number of hydrogen-bond acceptors (Lipinski definition) is 6. The van der Waals surface area contributed by atoms with Crippen molar-refractivity contribution in [1.29, 1.82) is 0 Å². The van der Waals surface area contributed by atoms with E-state index in [1.54, 1.807) is 4.90 Å². The molecule has 4 rings (SSSR count). The second-order valence-corrected chi connectivity index (χ2v) is 9.59. The number of nitrogens with one attached hydrogen (secondary N) is 1. The summed E-state index contributed by atoms with van der Waals surface area (Å²) in [5.41, 5.74) is 1.50. The fourth-order valence-corrected chi connectivity index (χ4v) is 5.72. The molecule has 1 N–H and O–H groups in total. The number of para-hydroxylation sites is 1. The lowest BCUT2D eigenvalue weighted by Gasteiger charge is -2.30. The summed E-state index contributed by atoms with van der Waals surface area (Å²) in [6.45, 7) is 4.73. The molecule has 0 spiro atoms. The number of ether oxygens (including phenoxy) is 1. The molecular weight excluding hydrogens is 466 g/mol. The third-order valence-electron chi connectivity index (χ3n) is 6.26. The number of esters is 1. The van der Waals surface area contributed by atoms with Crippen molar-refractivity contribution < 1.29 is 23.9 Å². The second kappa shape index (κ2) is 10.9. The standard InChI is InChI=1S/C26H29N3O5S/c1-3-28(4-2)21(30)16-29-18-12-8-9-13-20(18)35-24(17-10-6-5-7-11-17)23(26(29)33)27-25(32)19-14-15-22(31)34-19/h5-13,19,23-24H,3-4,14-16H2,1-2H3,(H,27,32)/t19-,23+,24+/m0/s1. The van der Waals surface area contributed by atoms with E-state index >= 15 is 0 Å². The normalized spacial score (nSPS) is 21.7. The zero-order valence-corrected chi connectivity index (χ0v) is 20.6. The van der Waals surface area contributed by atoms with Crippen molar-refractivity contribution in [2.45, 2.75) is 49.0 Å². The van der Waals surface area contributed by atoms with Gasteiger partial charge in [-0.15, -0.1) is 11.8 Å². The summed E-state index contributed by atoms with van der Waals surface area (Å²) in [5, 5.41) is 2.42. The van der Waals surface area contributed by atoms with E-state index in [0.717, 1.165) is 10.5 Å². The number of benzene rings is 2. The van der Waals surface area contributed by atoms with Gasteiger partial charge in [0.1, 0.15) is 12.6 Å². The molecule has 3 atom stereocenters. The van der Waals surface area contributed by atoms with Crippen molar-refractivity contribution in [2.75, 3.05) is 24.5 Å². The number of carbonyl (C=O) groups excluding carboxylic acids is 4. The molecule has 0 aliphatic carbocycles. The number of likely N-dealkylation sites (N-methyl/N-ethyl adjacent to an activating group) is 1. The Hall–Kier alpha value is -3.33. The SMILES string of the molecule is CCN(CC)C(=O)CN1C(=O)[C@H](NC(=O)[C@@H]2CCC(=O)O2)[C@@H](c2ccccc2)Sc2ccccc21. The lowest BCUT2D eigenvalue weighted by Crippen LogP contribution is -2.54. The van der Waals surface area contributed by atoms with Gasteiger partial charge in [0.05, 0.1) is 10.9 Å². The first-order chi connectivity index (χ1) is 16.9. The van der Waals surface area contributed by atoms with Crippen LogP contribution in [0, 0.1) is 0 Å². The zero-order valence-electron chi connectivity index (χ0n) is 19.8. The van der Waals surface area contributed by atoms with Crippen LogP contribution in [0.2, 0.25) is 0 Å². The summed E-state index contributed by atoms with van der Waals surface area (Å²) in [6.07, 6.45) is -0.476. The van der Waals surface area contributed by atoms with E-state index in [4.69, 9.17) is 4.74 Å². The number of anilines is 1. The van der Waals surface area contributed by atoms with Crippen molar-refractivity contribution in [1.82, 2.24) is 10.2 Å². The predicted octanol–water partition coefficient (Wildman–Crippen LogP) is 2.93. The van der Waals surface area contributed by atoms with Crippen LogP contribution >= 0.6 is 11.8 Å². The smallest absolute Gasteiger partial charge is 0.306 e. The molecule has 0 aromatic heterocycles. The van der Waals surface area contributed by atoms with Gasteiger partial charge < -0.3 is 19.9 Å². The highest BCUT2D eigenvalue weighted by Crippen LogP contribution is 2.45. The van der Waals surface area contributed by atoms with Gasteiger partial charge in [-0.2, -0.15) is 0 Å².